The van der Waals surface area contributed by atoms with E-state index in [1.807, 2.05) is 6.07 Å². The van der Waals surface area contributed by atoms with Crippen LogP contribution in [-0.4, -0.2) is 12.8 Å². The molecular formula is C15H21NO2. The first kappa shape index (κ1) is 11.8. The van der Waals surface area contributed by atoms with Gasteiger partial charge in [0, 0.05) is 12.1 Å². The Hall–Kier alpha value is -1.22. The number of hydrogen-bond acceptors (Lipinski definition) is 3. The molecule has 1 fully saturated rings. The summed E-state index contributed by atoms with van der Waals surface area (Å²) in [5.74, 6) is 1.74. The highest BCUT2D eigenvalue weighted by Gasteiger charge is 2.19. The van der Waals surface area contributed by atoms with Crippen LogP contribution in [0.5, 0.6) is 11.5 Å². The lowest BCUT2D eigenvalue weighted by atomic mass is 9.94. The molecule has 1 heterocycles. The second-order valence-electron chi connectivity index (χ2n) is 5.34. The van der Waals surface area contributed by atoms with Crippen LogP contribution in [0.4, 0.5) is 0 Å². The van der Waals surface area contributed by atoms with E-state index in [0.717, 1.165) is 11.5 Å². The summed E-state index contributed by atoms with van der Waals surface area (Å²) in [7, 11) is 0. The summed E-state index contributed by atoms with van der Waals surface area (Å²) in [4.78, 5) is 0. The molecule has 3 nitrogen and oxygen atoms in total. The molecule has 3 heteroatoms. The van der Waals surface area contributed by atoms with Crippen molar-refractivity contribution >= 4 is 0 Å². The fraction of sp³-hybridized carbons (Fsp3) is 0.600. The molecule has 0 saturated heterocycles. The average Bonchev–Trinajstić information content (AvgIpc) is 2.87. The van der Waals surface area contributed by atoms with Crippen molar-refractivity contribution in [2.24, 2.45) is 0 Å². The third-order valence-electron chi connectivity index (χ3n) is 3.99. The number of fused-ring (bicyclic) bond motifs is 1. The molecule has 0 amide bonds. The molecule has 0 aromatic heterocycles. The third-order valence-corrected chi connectivity index (χ3v) is 3.99. The molecule has 0 bridgehead atoms. The van der Waals surface area contributed by atoms with Gasteiger partial charge in [0.1, 0.15) is 0 Å². The van der Waals surface area contributed by atoms with Crippen LogP contribution in [-0.2, 0) is 0 Å². The van der Waals surface area contributed by atoms with Gasteiger partial charge in [0.15, 0.2) is 11.5 Å². The van der Waals surface area contributed by atoms with Crippen LogP contribution in [0.15, 0.2) is 18.2 Å². The first-order valence-corrected chi connectivity index (χ1v) is 6.98. The normalized spacial score (nSPS) is 20.9. The van der Waals surface area contributed by atoms with Crippen LogP contribution >= 0.6 is 0 Å². The van der Waals surface area contributed by atoms with E-state index < -0.39 is 0 Å². The highest BCUT2D eigenvalue weighted by molar-refractivity contribution is 5.45. The van der Waals surface area contributed by atoms with Crippen molar-refractivity contribution in [3.05, 3.63) is 23.8 Å². The zero-order valence-electron chi connectivity index (χ0n) is 10.9. The van der Waals surface area contributed by atoms with Gasteiger partial charge < -0.3 is 14.8 Å². The van der Waals surface area contributed by atoms with Crippen molar-refractivity contribution in [2.45, 2.75) is 51.1 Å². The quantitative estimate of drug-likeness (QED) is 0.888. The maximum absolute atomic E-state index is 5.43. The Labute approximate surface area is 108 Å². The lowest BCUT2D eigenvalue weighted by Crippen LogP contribution is -2.33. The monoisotopic (exact) mass is 247 g/mol. The maximum Gasteiger partial charge on any atom is 0.231 e. The molecular weight excluding hydrogens is 226 g/mol. The molecule has 2 aliphatic rings. The summed E-state index contributed by atoms with van der Waals surface area (Å²) in [5, 5.41) is 3.73. The lowest BCUT2D eigenvalue weighted by Gasteiger charge is -2.26. The predicted molar refractivity (Wildman–Crippen MR) is 71.0 cm³/mol. The Morgan fingerprint density at radius 3 is 2.72 bits per heavy atom. The van der Waals surface area contributed by atoms with Crippen molar-refractivity contribution in [1.82, 2.24) is 5.32 Å². The smallest absolute Gasteiger partial charge is 0.231 e. The van der Waals surface area contributed by atoms with Gasteiger partial charge in [-0.05, 0) is 37.5 Å². The van der Waals surface area contributed by atoms with Gasteiger partial charge in [-0.2, -0.15) is 0 Å². The Bertz CT molecular complexity index is 413. The largest absolute Gasteiger partial charge is 0.454 e. The van der Waals surface area contributed by atoms with E-state index >= 15 is 0 Å². The van der Waals surface area contributed by atoms with Crippen LogP contribution in [0, 0.1) is 0 Å². The second-order valence-corrected chi connectivity index (χ2v) is 5.34. The van der Waals surface area contributed by atoms with Gasteiger partial charge in [-0.1, -0.05) is 25.3 Å². The molecule has 1 unspecified atom stereocenters. The van der Waals surface area contributed by atoms with Gasteiger partial charge in [0.05, 0.1) is 0 Å². The summed E-state index contributed by atoms with van der Waals surface area (Å²) in [6, 6.07) is 7.30. The first-order valence-electron chi connectivity index (χ1n) is 6.98. The predicted octanol–water partition coefficient (Wildman–Crippen LogP) is 3.40. The number of hydrogen-bond donors (Lipinski definition) is 1. The van der Waals surface area contributed by atoms with Crippen molar-refractivity contribution in [3.63, 3.8) is 0 Å². The number of rotatable bonds is 3. The summed E-state index contributed by atoms with van der Waals surface area (Å²) in [5.41, 5.74) is 1.28. The Morgan fingerprint density at radius 2 is 1.89 bits per heavy atom. The van der Waals surface area contributed by atoms with Gasteiger partial charge in [-0.3, -0.25) is 0 Å². The first-order chi connectivity index (χ1) is 8.83. The summed E-state index contributed by atoms with van der Waals surface area (Å²) in [6.07, 6.45) is 6.76. The highest BCUT2D eigenvalue weighted by atomic mass is 16.7. The molecule has 0 radical (unpaired) electrons. The molecule has 1 saturated carbocycles. The van der Waals surface area contributed by atoms with Crippen LogP contribution in [0.1, 0.15) is 50.6 Å². The highest BCUT2D eigenvalue weighted by Crippen LogP contribution is 2.34. The van der Waals surface area contributed by atoms with Gasteiger partial charge in [0.2, 0.25) is 6.79 Å². The van der Waals surface area contributed by atoms with E-state index in [-0.39, 0.29) is 0 Å². The topological polar surface area (TPSA) is 30.5 Å². The van der Waals surface area contributed by atoms with E-state index in [2.05, 4.69) is 24.4 Å². The molecule has 1 atom stereocenters. The zero-order valence-corrected chi connectivity index (χ0v) is 10.9. The number of nitrogens with one attached hydrogen (secondary N) is 1. The fourth-order valence-electron chi connectivity index (χ4n) is 2.90. The lowest BCUT2D eigenvalue weighted by molar-refractivity contribution is 0.174. The van der Waals surface area contributed by atoms with E-state index in [4.69, 9.17) is 9.47 Å². The summed E-state index contributed by atoms with van der Waals surface area (Å²) in [6.45, 7) is 2.58. The van der Waals surface area contributed by atoms with Gasteiger partial charge in [0.25, 0.3) is 0 Å². The molecule has 1 N–H and O–H groups in total. The SMILES string of the molecule is CC(NC1CCCCC1)c1ccc2c(c1)OCO2. The van der Waals surface area contributed by atoms with E-state index in [9.17, 15) is 0 Å². The Kier molecular flexibility index (Phi) is 3.41. The van der Waals surface area contributed by atoms with Crippen molar-refractivity contribution in [3.8, 4) is 11.5 Å². The summed E-state index contributed by atoms with van der Waals surface area (Å²) >= 11 is 0. The molecule has 1 aromatic rings. The Balaban J connectivity index is 1.66. The number of ether oxygens (including phenoxy) is 2. The molecule has 0 spiro atoms. The minimum absolute atomic E-state index is 0.350. The standard InChI is InChI=1S/C15H21NO2/c1-11(16-13-5-3-2-4-6-13)12-7-8-14-15(9-12)18-10-17-14/h7-9,11,13,16H,2-6,10H2,1H3. The maximum atomic E-state index is 5.43. The minimum atomic E-state index is 0.350. The van der Waals surface area contributed by atoms with E-state index in [1.165, 1.54) is 37.7 Å². The zero-order chi connectivity index (χ0) is 12.4. The van der Waals surface area contributed by atoms with Crippen LogP contribution in [0.2, 0.25) is 0 Å². The van der Waals surface area contributed by atoms with Crippen molar-refractivity contribution in [1.29, 1.82) is 0 Å². The van der Waals surface area contributed by atoms with E-state index in [0.29, 0.717) is 18.9 Å². The Morgan fingerprint density at radius 1 is 1.11 bits per heavy atom. The molecule has 1 aliphatic heterocycles. The van der Waals surface area contributed by atoms with Crippen molar-refractivity contribution < 1.29 is 9.47 Å². The molecule has 1 aromatic carbocycles. The van der Waals surface area contributed by atoms with Crippen molar-refractivity contribution in [2.75, 3.05) is 6.79 Å². The molecule has 18 heavy (non-hydrogen) atoms. The molecule has 1 aliphatic carbocycles. The van der Waals surface area contributed by atoms with Gasteiger partial charge in [-0.25, -0.2) is 0 Å². The average molecular weight is 247 g/mol. The van der Waals surface area contributed by atoms with Crippen LogP contribution in [0.3, 0.4) is 0 Å². The fourth-order valence-corrected chi connectivity index (χ4v) is 2.90. The van der Waals surface area contributed by atoms with Gasteiger partial charge in [-0.15, -0.1) is 0 Å². The van der Waals surface area contributed by atoms with Gasteiger partial charge >= 0.3 is 0 Å². The second kappa shape index (κ2) is 5.19. The summed E-state index contributed by atoms with van der Waals surface area (Å²) < 4.78 is 10.8. The molecule has 3 rings (SSSR count). The third kappa shape index (κ3) is 2.46. The molecule has 98 valence electrons. The van der Waals surface area contributed by atoms with Crippen LogP contribution < -0.4 is 14.8 Å². The minimum Gasteiger partial charge on any atom is -0.454 e. The van der Waals surface area contributed by atoms with E-state index in [1.54, 1.807) is 0 Å². The van der Waals surface area contributed by atoms with Crippen LogP contribution in [0.25, 0.3) is 0 Å². The number of benzene rings is 1.